The SMILES string of the molecule is CCNc1nc(-c2ccncn2)c(-c2cccc(N(O)C(=O)Nc3ccc(I)cc3)c2)s1. The van der Waals surface area contributed by atoms with E-state index in [4.69, 9.17) is 0 Å². The van der Waals surface area contributed by atoms with Gasteiger partial charge in [-0.05, 0) is 77.5 Å². The van der Waals surface area contributed by atoms with Gasteiger partial charge in [0, 0.05) is 22.0 Å². The van der Waals surface area contributed by atoms with E-state index in [1.54, 1.807) is 42.6 Å². The fourth-order valence-corrected chi connectivity index (χ4v) is 4.35. The van der Waals surface area contributed by atoms with E-state index in [2.05, 4.69) is 48.2 Å². The van der Waals surface area contributed by atoms with Crippen LogP contribution in [0, 0.1) is 3.57 Å². The van der Waals surface area contributed by atoms with Crippen LogP contribution in [0.1, 0.15) is 6.92 Å². The Hall–Kier alpha value is -3.09. The molecule has 4 aromatic rings. The summed E-state index contributed by atoms with van der Waals surface area (Å²) in [5.41, 5.74) is 3.13. The van der Waals surface area contributed by atoms with Crippen LogP contribution < -0.4 is 15.7 Å². The first kappa shape index (κ1) is 22.1. The first-order valence-corrected chi connectivity index (χ1v) is 11.6. The number of hydrogen-bond acceptors (Lipinski definition) is 7. The van der Waals surface area contributed by atoms with Crippen LogP contribution in [0.15, 0.2) is 67.1 Å². The van der Waals surface area contributed by atoms with Crippen LogP contribution in [-0.4, -0.2) is 32.7 Å². The molecule has 2 aromatic carbocycles. The molecule has 2 aromatic heterocycles. The van der Waals surface area contributed by atoms with E-state index in [1.807, 2.05) is 25.1 Å². The lowest BCUT2D eigenvalue weighted by Gasteiger charge is -2.16. The Balaban J connectivity index is 1.64. The van der Waals surface area contributed by atoms with Gasteiger partial charge < -0.3 is 10.6 Å². The average molecular weight is 558 g/mol. The number of thiazole rings is 1. The van der Waals surface area contributed by atoms with Crippen molar-refractivity contribution in [2.75, 3.05) is 22.2 Å². The van der Waals surface area contributed by atoms with E-state index in [1.165, 1.54) is 17.7 Å². The summed E-state index contributed by atoms with van der Waals surface area (Å²) < 4.78 is 1.05. The molecule has 0 saturated carbocycles. The molecule has 10 heteroatoms. The van der Waals surface area contributed by atoms with E-state index in [0.29, 0.717) is 27.8 Å². The maximum Gasteiger partial charge on any atom is 0.350 e. The highest BCUT2D eigenvalue weighted by Gasteiger charge is 2.19. The maximum absolute atomic E-state index is 12.5. The van der Waals surface area contributed by atoms with Crippen molar-refractivity contribution in [2.24, 2.45) is 0 Å². The third-order valence-corrected chi connectivity index (χ3v) is 6.20. The number of carbonyl (C=O) groups is 1. The first-order valence-electron chi connectivity index (χ1n) is 9.72. The molecule has 0 aliphatic heterocycles. The molecular weight excluding hydrogens is 539 g/mol. The molecule has 0 radical (unpaired) electrons. The van der Waals surface area contributed by atoms with Gasteiger partial charge in [0.1, 0.15) is 12.0 Å². The third kappa shape index (κ3) is 5.03. The Morgan fingerprint density at radius 2 is 2.00 bits per heavy atom. The number of hydrogen-bond donors (Lipinski definition) is 3. The monoisotopic (exact) mass is 558 g/mol. The van der Waals surface area contributed by atoms with E-state index in [-0.39, 0.29) is 0 Å². The molecule has 0 unspecified atom stereocenters. The van der Waals surface area contributed by atoms with Crippen LogP contribution in [0.4, 0.5) is 21.3 Å². The van der Waals surface area contributed by atoms with Gasteiger partial charge in [0.15, 0.2) is 5.13 Å². The molecule has 32 heavy (non-hydrogen) atoms. The van der Waals surface area contributed by atoms with Crippen molar-refractivity contribution in [3.63, 3.8) is 0 Å². The number of carbonyl (C=O) groups excluding carboxylic acids is 1. The molecule has 0 spiro atoms. The lowest BCUT2D eigenvalue weighted by Crippen LogP contribution is -2.31. The third-order valence-electron chi connectivity index (χ3n) is 4.42. The predicted octanol–water partition coefficient (Wildman–Crippen LogP) is 5.73. The zero-order valence-corrected chi connectivity index (χ0v) is 20.0. The van der Waals surface area contributed by atoms with Crippen molar-refractivity contribution >= 4 is 56.5 Å². The Morgan fingerprint density at radius 1 is 1.19 bits per heavy atom. The molecule has 2 heterocycles. The number of halogens is 1. The molecule has 2 amide bonds. The number of amides is 2. The summed E-state index contributed by atoms with van der Waals surface area (Å²) in [5, 5.41) is 17.8. The number of nitrogens with one attached hydrogen (secondary N) is 2. The first-order chi connectivity index (χ1) is 15.5. The predicted molar refractivity (Wildman–Crippen MR) is 135 cm³/mol. The molecule has 0 atom stereocenters. The maximum atomic E-state index is 12.5. The number of urea groups is 1. The van der Waals surface area contributed by atoms with Crippen LogP contribution in [0.25, 0.3) is 21.8 Å². The number of aromatic nitrogens is 3. The summed E-state index contributed by atoms with van der Waals surface area (Å²) in [5.74, 6) is 0. The molecule has 0 saturated heterocycles. The second-order valence-electron chi connectivity index (χ2n) is 6.62. The fourth-order valence-electron chi connectivity index (χ4n) is 2.95. The Morgan fingerprint density at radius 3 is 2.72 bits per heavy atom. The molecule has 4 rings (SSSR count). The largest absolute Gasteiger partial charge is 0.362 e. The van der Waals surface area contributed by atoms with Gasteiger partial charge in [-0.25, -0.2) is 19.7 Å². The number of hydroxylamine groups is 1. The smallest absolute Gasteiger partial charge is 0.350 e. The summed E-state index contributed by atoms with van der Waals surface area (Å²) in [4.78, 5) is 26.4. The molecule has 8 nitrogen and oxygen atoms in total. The molecule has 0 bridgehead atoms. The summed E-state index contributed by atoms with van der Waals surface area (Å²) in [6.07, 6.45) is 3.14. The molecule has 0 fully saturated rings. The van der Waals surface area contributed by atoms with Crippen LogP contribution in [0.5, 0.6) is 0 Å². The fraction of sp³-hybridized carbons (Fsp3) is 0.0909. The van der Waals surface area contributed by atoms with Crippen LogP contribution in [0.2, 0.25) is 0 Å². The minimum absolute atomic E-state index is 0.331. The molecular formula is C22H19IN6O2S. The Labute approximate surface area is 202 Å². The van der Waals surface area contributed by atoms with E-state index < -0.39 is 6.03 Å². The average Bonchev–Trinajstić information content (AvgIpc) is 3.25. The van der Waals surface area contributed by atoms with Crippen molar-refractivity contribution in [1.29, 1.82) is 0 Å². The Kier molecular flexibility index (Phi) is 6.93. The second-order valence-corrected chi connectivity index (χ2v) is 8.87. The lowest BCUT2D eigenvalue weighted by molar-refractivity contribution is 0.216. The van der Waals surface area contributed by atoms with Gasteiger partial charge in [-0.15, -0.1) is 0 Å². The van der Waals surface area contributed by atoms with Crippen molar-refractivity contribution in [3.05, 3.63) is 70.7 Å². The van der Waals surface area contributed by atoms with Crippen molar-refractivity contribution in [1.82, 2.24) is 15.0 Å². The van der Waals surface area contributed by atoms with Gasteiger partial charge in [0.25, 0.3) is 0 Å². The van der Waals surface area contributed by atoms with E-state index in [9.17, 15) is 10.0 Å². The normalized spacial score (nSPS) is 10.6. The molecule has 3 N–H and O–H groups in total. The zero-order valence-electron chi connectivity index (χ0n) is 17.0. The van der Waals surface area contributed by atoms with Crippen molar-refractivity contribution in [2.45, 2.75) is 6.92 Å². The van der Waals surface area contributed by atoms with Gasteiger partial charge in [-0.1, -0.05) is 23.5 Å². The van der Waals surface area contributed by atoms with Gasteiger partial charge in [0.05, 0.1) is 16.3 Å². The number of rotatable bonds is 6. The topological polar surface area (TPSA) is 103 Å². The van der Waals surface area contributed by atoms with Crippen molar-refractivity contribution < 1.29 is 10.0 Å². The van der Waals surface area contributed by atoms with E-state index in [0.717, 1.165) is 25.7 Å². The highest BCUT2D eigenvalue weighted by Crippen LogP contribution is 2.39. The molecule has 0 aliphatic carbocycles. The van der Waals surface area contributed by atoms with Gasteiger partial charge in [-0.2, -0.15) is 5.06 Å². The summed E-state index contributed by atoms with van der Waals surface area (Å²) in [7, 11) is 0. The van der Waals surface area contributed by atoms with Gasteiger partial charge >= 0.3 is 6.03 Å². The van der Waals surface area contributed by atoms with Gasteiger partial charge in [0.2, 0.25) is 0 Å². The number of anilines is 3. The highest BCUT2D eigenvalue weighted by molar-refractivity contribution is 14.1. The number of benzene rings is 2. The Bertz CT molecular complexity index is 1220. The minimum atomic E-state index is -0.656. The molecule has 0 aliphatic rings. The van der Waals surface area contributed by atoms with Gasteiger partial charge in [-0.3, -0.25) is 5.21 Å². The highest BCUT2D eigenvalue weighted by atomic mass is 127. The van der Waals surface area contributed by atoms with Crippen molar-refractivity contribution in [3.8, 4) is 21.8 Å². The lowest BCUT2D eigenvalue weighted by atomic mass is 10.1. The van der Waals surface area contributed by atoms with Crippen LogP contribution >= 0.6 is 33.9 Å². The quantitative estimate of drug-likeness (QED) is 0.159. The van der Waals surface area contributed by atoms with E-state index >= 15 is 0 Å². The molecule has 162 valence electrons. The van der Waals surface area contributed by atoms with Crippen LogP contribution in [-0.2, 0) is 0 Å². The standard InChI is InChI=1S/C22H19IN6O2S/c1-2-25-21-28-19(18-10-11-24-13-26-18)20(32-21)14-4-3-5-17(12-14)29(31)22(30)27-16-8-6-15(23)7-9-16/h3-13,31H,2H2,1H3,(H,25,28)(H,27,30). The summed E-state index contributed by atoms with van der Waals surface area (Å²) >= 11 is 3.67. The zero-order chi connectivity index (χ0) is 22.5. The van der Waals surface area contributed by atoms with Crippen LogP contribution in [0.3, 0.4) is 0 Å². The summed E-state index contributed by atoms with van der Waals surface area (Å²) in [6, 6.07) is 15.5. The second kappa shape index (κ2) is 10.0. The summed E-state index contributed by atoms with van der Waals surface area (Å²) in [6.45, 7) is 2.74. The minimum Gasteiger partial charge on any atom is -0.362 e. The number of nitrogens with zero attached hydrogens (tertiary/aromatic N) is 4.